The Labute approximate surface area is 136 Å². The summed E-state index contributed by atoms with van der Waals surface area (Å²) in [4.78, 5) is 12.2. The number of thiophene rings is 1. The second-order valence-electron chi connectivity index (χ2n) is 5.39. The largest absolute Gasteiger partial charge is 0.384 e. The summed E-state index contributed by atoms with van der Waals surface area (Å²) in [6.45, 7) is 1.80. The predicted molar refractivity (Wildman–Crippen MR) is 90.4 cm³/mol. The predicted octanol–water partition coefficient (Wildman–Crippen LogP) is 2.26. The van der Waals surface area contributed by atoms with E-state index in [0.29, 0.717) is 11.3 Å². The van der Waals surface area contributed by atoms with E-state index in [2.05, 4.69) is 5.32 Å². The van der Waals surface area contributed by atoms with Gasteiger partial charge in [0.25, 0.3) is 5.91 Å². The smallest absolute Gasteiger partial charge is 0.251 e. The molecular weight excluding hydrogens is 318 g/mol. The summed E-state index contributed by atoms with van der Waals surface area (Å²) in [6.07, 6.45) is 1.63. The quantitative estimate of drug-likeness (QED) is 0.850. The maximum Gasteiger partial charge on any atom is 0.251 e. The molecule has 2 atom stereocenters. The van der Waals surface area contributed by atoms with Crippen molar-refractivity contribution in [2.75, 3.05) is 12.8 Å². The maximum atomic E-state index is 12.2. The Kier molecular flexibility index (Phi) is 5.50. The van der Waals surface area contributed by atoms with Crippen LogP contribution in [0.5, 0.6) is 0 Å². The Balaban J connectivity index is 2.02. The van der Waals surface area contributed by atoms with Crippen molar-refractivity contribution in [2.45, 2.75) is 18.3 Å². The summed E-state index contributed by atoms with van der Waals surface area (Å²) in [6, 6.07) is 8.90. The second-order valence-corrected chi connectivity index (χ2v) is 7.60. The number of carbonyl (C=O) groups excluding carboxylic acids is 1. The molecule has 22 heavy (non-hydrogen) atoms. The summed E-state index contributed by atoms with van der Waals surface area (Å²) in [5, 5.41) is 16.9. The maximum absolute atomic E-state index is 12.2. The Hall–Kier alpha value is -1.50. The Bertz CT molecular complexity index is 666. The minimum Gasteiger partial charge on any atom is -0.384 e. The average Bonchev–Trinajstić information content (AvgIpc) is 2.99. The molecule has 2 aromatic rings. The fourth-order valence-corrected chi connectivity index (χ4v) is 3.50. The van der Waals surface area contributed by atoms with Crippen LogP contribution in [0.1, 0.15) is 28.4 Å². The summed E-state index contributed by atoms with van der Waals surface area (Å²) >= 11 is 1.50. The lowest BCUT2D eigenvalue weighted by molar-refractivity contribution is 0.0530. The van der Waals surface area contributed by atoms with Gasteiger partial charge in [0.05, 0.1) is 6.54 Å². The highest BCUT2D eigenvalue weighted by Gasteiger charge is 2.24. The summed E-state index contributed by atoms with van der Waals surface area (Å²) in [5.41, 5.74) is 1.05. The van der Waals surface area contributed by atoms with E-state index in [1.807, 2.05) is 22.9 Å². The number of aliphatic hydroxyl groups is 1. The average molecular weight is 337 g/mol. The number of rotatable bonds is 6. The monoisotopic (exact) mass is 337 g/mol. The fourth-order valence-electron chi connectivity index (χ4n) is 2.06. The number of benzene rings is 1. The lowest BCUT2D eigenvalue weighted by Gasteiger charge is -2.22. The lowest BCUT2D eigenvalue weighted by Crippen LogP contribution is -2.38. The third kappa shape index (κ3) is 4.50. The Morgan fingerprint density at radius 2 is 2.18 bits per heavy atom. The second kappa shape index (κ2) is 7.17. The number of amides is 1. The summed E-state index contributed by atoms with van der Waals surface area (Å²) in [7, 11) is -0.947. The van der Waals surface area contributed by atoms with Crippen LogP contribution in [0.25, 0.3) is 0 Å². The molecule has 0 bridgehead atoms. The van der Waals surface area contributed by atoms with Crippen LogP contribution in [0, 0.1) is 0 Å². The van der Waals surface area contributed by atoms with E-state index >= 15 is 0 Å². The van der Waals surface area contributed by atoms with Crippen molar-refractivity contribution in [3.63, 3.8) is 0 Å². The molecule has 0 saturated carbocycles. The molecular formula is C16H19NO3S2. The molecule has 4 nitrogen and oxygen atoms in total. The lowest BCUT2D eigenvalue weighted by atomic mass is 9.99. The van der Waals surface area contributed by atoms with Crippen molar-refractivity contribution in [2.24, 2.45) is 0 Å². The molecule has 2 rings (SSSR count). The first-order chi connectivity index (χ1) is 10.4. The molecule has 0 aliphatic heterocycles. The topological polar surface area (TPSA) is 66.4 Å². The molecule has 0 aliphatic carbocycles. The molecule has 2 unspecified atom stereocenters. The van der Waals surface area contributed by atoms with E-state index < -0.39 is 16.4 Å². The van der Waals surface area contributed by atoms with Gasteiger partial charge in [-0.2, -0.15) is 11.3 Å². The standard InChI is InChI=1S/C16H19NO3S2/c1-16(19,14-6-7-21-9-14)11-17-15(18)13-5-3-4-12(8-13)10-22(2)20/h3-9,19H,10-11H2,1-2H3,(H,17,18). The van der Waals surface area contributed by atoms with E-state index in [1.165, 1.54) is 11.3 Å². The van der Waals surface area contributed by atoms with Crippen LogP contribution in [0.3, 0.4) is 0 Å². The molecule has 1 heterocycles. The van der Waals surface area contributed by atoms with Crippen molar-refractivity contribution < 1.29 is 14.1 Å². The van der Waals surface area contributed by atoms with Gasteiger partial charge in [-0.3, -0.25) is 9.00 Å². The third-order valence-corrected chi connectivity index (χ3v) is 4.72. The van der Waals surface area contributed by atoms with Crippen LogP contribution < -0.4 is 5.32 Å². The third-order valence-electron chi connectivity index (χ3n) is 3.30. The molecule has 0 aliphatic rings. The highest BCUT2D eigenvalue weighted by molar-refractivity contribution is 7.83. The first kappa shape index (κ1) is 16.9. The molecule has 1 amide bonds. The van der Waals surface area contributed by atoms with Crippen LogP contribution in [-0.4, -0.2) is 28.0 Å². The zero-order valence-corrected chi connectivity index (χ0v) is 14.2. The molecule has 0 fully saturated rings. The number of nitrogens with one attached hydrogen (secondary N) is 1. The van der Waals surface area contributed by atoms with Crippen molar-refractivity contribution >= 4 is 28.0 Å². The van der Waals surface area contributed by atoms with Gasteiger partial charge in [-0.1, -0.05) is 12.1 Å². The molecule has 2 N–H and O–H groups in total. The number of hydrogen-bond donors (Lipinski definition) is 2. The van der Waals surface area contributed by atoms with Gasteiger partial charge in [0.1, 0.15) is 5.60 Å². The van der Waals surface area contributed by atoms with E-state index in [-0.39, 0.29) is 12.5 Å². The van der Waals surface area contributed by atoms with Gasteiger partial charge in [0.15, 0.2) is 0 Å². The van der Waals surface area contributed by atoms with Gasteiger partial charge in [-0.05, 0) is 47.0 Å². The van der Waals surface area contributed by atoms with Crippen molar-refractivity contribution in [1.29, 1.82) is 0 Å². The van der Waals surface area contributed by atoms with Crippen molar-refractivity contribution in [3.8, 4) is 0 Å². The van der Waals surface area contributed by atoms with Gasteiger partial charge in [0, 0.05) is 28.4 Å². The van der Waals surface area contributed by atoms with Crippen LogP contribution in [0.4, 0.5) is 0 Å². The normalized spacial score (nSPS) is 15.0. The SMILES string of the molecule is CS(=O)Cc1cccc(C(=O)NCC(C)(O)c2ccsc2)c1. The highest BCUT2D eigenvalue weighted by Crippen LogP contribution is 2.22. The Morgan fingerprint density at radius 3 is 2.82 bits per heavy atom. The molecule has 6 heteroatoms. The Morgan fingerprint density at radius 1 is 1.41 bits per heavy atom. The molecule has 1 aromatic heterocycles. The number of carbonyl (C=O) groups is 1. The molecule has 0 radical (unpaired) electrons. The fraction of sp³-hybridized carbons (Fsp3) is 0.312. The minimum absolute atomic E-state index is 0.131. The minimum atomic E-state index is -1.10. The van der Waals surface area contributed by atoms with Crippen LogP contribution in [-0.2, 0) is 22.2 Å². The van der Waals surface area contributed by atoms with Crippen LogP contribution in [0.2, 0.25) is 0 Å². The zero-order valence-electron chi connectivity index (χ0n) is 12.5. The van der Waals surface area contributed by atoms with E-state index in [9.17, 15) is 14.1 Å². The summed E-state index contributed by atoms with van der Waals surface area (Å²) < 4.78 is 11.3. The first-order valence-corrected chi connectivity index (χ1v) is 9.48. The van der Waals surface area contributed by atoms with Gasteiger partial charge >= 0.3 is 0 Å². The molecule has 118 valence electrons. The molecule has 0 spiro atoms. The van der Waals surface area contributed by atoms with Gasteiger partial charge in [-0.15, -0.1) is 0 Å². The van der Waals surface area contributed by atoms with E-state index in [1.54, 1.807) is 31.4 Å². The van der Waals surface area contributed by atoms with Gasteiger partial charge < -0.3 is 10.4 Å². The van der Waals surface area contributed by atoms with Gasteiger partial charge in [0.2, 0.25) is 0 Å². The zero-order chi connectivity index (χ0) is 16.2. The van der Waals surface area contributed by atoms with E-state index in [0.717, 1.165) is 11.1 Å². The summed E-state index contributed by atoms with van der Waals surface area (Å²) in [5.74, 6) is 0.174. The van der Waals surface area contributed by atoms with Crippen molar-refractivity contribution in [3.05, 3.63) is 57.8 Å². The molecule has 0 saturated heterocycles. The van der Waals surface area contributed by atoms with Crippen LogP contribution >= 0.6 is 11.3 Å². The number of hydrogen-bond acceptors (Lipinski definition) is 4. The van der Waals surface area contributed by atoms with Gasteiger partial charge in [-0.25, -0.2) is 0 Å². The molecule has 1 aromatic carbocycles. The highest BCUT2D eigenvalue weighted by atomic mass is 32.2. The van der Waals surface area contributed by atoms with Crippen LogP contribution in [0.15, 0.2) is 41.1 Å². The van der Waals surface area contributed by atoms with E-state index in [4.69, 9.17) is 0 Å². The first-order valence-electron chi connectivity index (χ1n) is 6.81. The van der Waals surface area contributed by atoms with Crippen molar-refractivity contribution in [1.82, 2.24) is 5.32 Å².